The van der Waals surface area contributed by atoms with Crippen molar-refractivity contribution >= 4 is 63.2 Å². The summed E-state index contributed by atoms with van der Waals surface area (Å²) in [5, 5.41) is 1.83. The largest absolute Gasteiger partial charge is 0.410 e. The summed E-state index contributed by atoms with van der Waals surface area (Å²) < 4.78 is 2.99. The van der Waals surface area contributed by atoms with E-state index < -0.39 is 9.22 Å². The Morgan fingerprint density at radius 1 is 1.46 bits per heavy atom. The molecule has 2 nitrogen and oxygen atoms in total. The van der Waals surface area contributed by atoms with Crippen LogP contribution in [-0.4, -0.2) is 5.43 Å². The molecular formula is C6H2Cl4O2S. The van der Waals surface area contributed by atoms with Crippen LogP contribution < -0.4 is 4.74 Å². The lowest BCUT2D eigenvalue weighted by Gasteiger charge is -2.10. The van der Waals surface area contributed by atoms with Crippen molar-refractivity contribution in [2.24, 2.45) is 0 Å². The fourth-order valence-corrected chi connectivity index (χ4v) is 2.19. The van der Waals surface area contributed by atoms with Gasteiger partial charge in [-0.1, -0.05) is 34.8 Å². The van der Waals surface area contributed by atoms with Crippen molar-refractivity contribution in [1.82, 2.24) is 0 Å². The lowest BCUT2D eigenvalue weighted by Crippen LogP contribution is -2.03. The molecule has 0 N–H and O–H groups in total. The first-order chi connectivity index (χ1) is 5.91. The second kappa shape index (κ2) is 4.24. The Balaban J connectivity index is 2.96. The first-order valence-electron chi connectivity index (χ1n) is 2.93. The van der Waals surface area contributed by atoms with Crippen LogP contribution >= 0.6 is 57.7 Å². The Morgan fingerprint density at radius 3 is 2.54 bits per heavy atom. The summed E-state index contributed by atoms with van der Waals surface area (Å²) in [7, 11) is 0. The van der Waals surface area contributed by atoms with E-state index in [1.54, 1.807) is 11.4 Å². The van der Waals surface area contributed by atoms with E-state index in [1.807, 2.05) is 0 Å². The van der Waals surface area contributed by atoms with Crippen molar-refractivity contribution in [3.63, 3.8) is 0 Å². The van der Waals surface area contributed by atoms with Gasteiger partial charge in [-0.25, -0.2) is 4.79 Å². The average Bonchev–Trinajstić information content (AvgIpc) is 2.31. The fraction of sp³-hybridized carbons (Fsp3) is 0.167. The number of rotatable bonds is 1. The highest BCUT2D eigenvalue weighted by atomic mass is 35.6. The zero-order chi connectivity index (χ0) is 10.1. The van der Waals surface area contributed by atoms with Crippen LogP contribution in [0.25, 0.3) is 0 Å². The summed E-state index contributed by atoms with van der Waals surface area (Å²) in [6.07, 6.45) is 0. The molecular weight excluding hydrogens is 278 g/mol. The number of hydrogen-bond acceptors (Lipinski definition) is 3. The van der Waals surface area contributed by atoms with Crippen molar-refractivity contribution in [1.29, 1.82) is 0 Å². The van der Waals surface area contributed by atoms with Gasteiger partial charge in [-0.15, -0.1) is 11.3 Å². The molecule has 0 aliphatic carbocycles. The lowest BCUT2D eigenvalue weighted by atomic mass is 10.4. The number of carbonyl (C=O) groups is 1. The molecule has 0 aromatic carbocycles. The molecule has 13 heavy (non-hydrogen) atoms. The molecule has 1 aromatic heterocycles. The molecule has 0 atom stereocenters. The van der Waals surface area contributed by atoms with Crippen LogP contribution in [0, 0.1) is 0 Å². The maximum atomic E-state index is 10.4. The zero-order valence-corrected chi connectivity index (χ0v) is 9.73. The van der Waals surface area contributed by atoms with E-state index in [0.717, 1.165) is 11.3 Å². The maximum Gasteiger partial charge on any atom is 0.410 e. The lowest BCUT2D eigenvalue weighted by molar-refractivity contribution is 0.226. The average molecular weight is 280 g/mol. The van der Waals surface area contributed by atoms with Gasteiger partial charge in [0.2, 0.25) is 3.79 Å². The highest BCUT2D eigenvalue weighted by Crippen LogP contribution is 2.45. The fourth-order valence-electron chi connectivity index (χ4n) is 0.658. The predicted octanol–water partition coefficient (Wildman–Crippen LogP) is 4.31. The van der Waals surface area contributed by atoms with Crippen LogP contribution in [0.1, 0.15) is 5.56 Å². The van der Waals surface area contributed by atoms with E-state index in [2.05, 4.69) is 4.74 Å². The van der Waals surface area contributed by atoms with Gasteiger partial charge in [0, 0.05) is 11.6 Å². The molecule has 0 aliphatic rings. The number of ether oxygens (including phenoxy) is 1. The molecule has 0 amide bonds. The quantitative estimate of drug-likeness (QED) is 0.566. The number of thiophene rings is 1. The molecule has 0 saturated carbocycles. The van der Waals surface area contributed by atoms with Crippen molar-refractivity contribution in [2.45, 2.75) is 3.79 Å². The molecule has 0 unspecified atom stereocenters. The van der Waals surface area contributed by atoms with Gasteiger partial charge in [0.05, 0.1) is 5.56 Å². The van der Waals surface area contributed by atoms with E-state index in [9.17, 15) is 4.79 Å². The molecule has 1 rings (SSSR count). The third-order valence-electron chi connectivity index (χ3n) is 1.11. The van der Waals surface area contributed by atoms with E-state index in [-0.39, 0.29) is 5.06 Å². The van der Waals surface area contributed by atoms with E-state index in [4.69, 9.17) is 46.4 Å². The van der Waals surface area contributed by atoms with Crippen molar-refractivity contribution in [2.75, 3.05) is 0 Å². The third kappa shape index (κ3) is 3.18. The minimum atomic E-state index is -1.61. The highest BCUT2D eigenvalue weighted by Gasteiger charge is 2.28. The van der Waals surface area contributed by atoms with Crippen LogP contribution in [0.2, 0.25) is 0 Å². The SMILES string of the molecule is O=C(Cl)Oc1sccc1C(Cl)(Cl)Cl. The molecule has 1 aromatic rings. The van der Waals surface area contributed by atoms with Crippen molar-refractivity contribution in [3.8, 4) is 5.06 Å². The van der Waals surface area contributed by atoms with Gasteiger partial charge in [-0.05, 0) is 11.4 Å². The predicted molar refractivity (Wildman–Crippen MR) is 55.4 cm³/mol. The van der Waals surface area contributed by atoms with E-state index in [1.165, 1.54) is 0 Å². The summed E-state index contributed by atoms with van der Waals surface area (Å²) >= 11 is 22.9. The Morgan fingerprint density at radius 2 is 2.08 bits per heavy atom. The first-order valence-corrected chi connectivity index (χ1v) is 5.32. The number of alkyl halides is 3. The molecule has 0 spiro atoms. The minimum absolute atomic E-state index is 0.194. The minimum Gasteiger partial charge on any atom is -0.403 e. The molecule has 0 radical (unpaired) electrons. The summed E-state index contributed by atoms with van der Waals surface area (Å²) in [4.78, 5) is 10.4. The van der Waals surface area contributed by atoms with Gasteiger partial charge >= 0.3 is 5.43 Å². The van der Waals surface area contributed by atoms with Crippen LogP contribution in [-0.2, 0) is 3.79 Å². The third-order valence-corrected chi connectivity index (χ3v) is 2.59. The highest BCUT2D eigenvalue weighted by molar-refractivity contribution is 7.12. The van der Waals surface area contributed by atoms with Gasteiger partial charge in [-0.2, -0.15) is 0 Å². The number of carbonyl (C=O) groups excluding carboxylic acids is 1. The number of hydrogen-bond donors (Lipinski definition) is 0. The Labute approximate surface area is 98.3 Å². The van der Waals surface area contributed by atoms with Gasteiger partial charge in [-0.3, -0.25) is 0 Å². The second-order valence-corrected chi connectivity index (χ2v) is 5.43. The standard InChI is InChI=1S/C6H2Cl4O2S/c7-5(11)12-4-3(1-2-13-4)6(8,9)10/h1-2H. The maximum absolute atomic E-state index is 10.4. The molecule has 0 fully saturated rings. The van der Waals surface area contributed by atoms with Crippen molar-refractivity contribution < 1.29 is 9.53 Å². The van der Waals surface area contributed by atoms with Gasteiger partial charge in [0.25, 0.3) is 0 Å². The van der Waals surface area contributed by atoms with Crippen molar-refractivity contribution in [3.05, 3.63) is 17.0 Å². The van der Waals surface area contributed by atoms with Crippen LogP contribution in [0.5, 0.6) is 5.06 Å². The van der Waals surface area contributed by atoms with E-state index in [0.29, 0.717) is 5.56 Å². The molecule has 72 valence electrons. The smallest absolute Gasteiger partial charge is 0.403 e. The van der Waals surface area contributed by atoms with Gasteiger partial charge < -0.3 is 4.74 Å². The Kier molecular flexibility index (Phi) is 3.72. The first kappa shape index (κ1) is 11.4. The van der Waals surface area contributed by atoms with Gasteiger partial charge in [0.1, 0.15) is 0 Å². The molecule has 1 heterocycles. The van der Waals surface area contributed by atoms with Crippen LogP contribution in [0.15, 0.2) is 11.4 Å². The summed E-state index contributed by atoms with van der Waals surface area (Å²) in [5.41, 5.74) is -0.658. The zero-order valence-electron chi connectivity index (χ0n) is 5.89. The van der Waals surface area contributed by atoms with E-state index >= 15 is 0 Å². The molecule has 0 bridgehead atoms. The summed E-state index contributed by atoms with van der Waals surface area (Å²) in [6.45, 7) is 0. The molecule has 7 heteroatoms. The van der Waals surface area contributed by atoms with Crippen LogP contribution in [0.3, 0.4) is 0 Å². The normalized spacial score (nSPS) is 11.4. The Bertz CT molecular complexity index is 317. The molecule has 0 aliphatic heterocycles. The van der Waals surface area contributed by atoms with Gasteiger partial charge in [0.15, 0.2) is 5.06 Å². The molecule has 0 saturated heterocycles. The topological polar surface area (TPSA) is 26.3 Å². The summed E-state index contributed by atoms with van der Waals surface area (Å²) in [5.74, 6) is 0. The number of halogens is 4. The summed E-state index contributed by atoms with van der Waals surface area (Å²) in [6, 6.07) is 1.55. The second-order valence-electron chi connectivity index (χ2n) is 1.96. The Hall–Kier alpha value is 0.330. The monoisotopic (exact) mass is 278 g/mol. The van der Waals surface area contributed by atoms with Crippen LogP contribution in [0.4, 0.5) is 4.79 Å².